The lowest BCUT2D eigenvalue weighted by molar-refractivity contribution is -0.316. The zero-order valence-corrected chi connectivity index (χ0v) is 16.4. The number of nitrogens with zero attached hydrogens (tertiary/aromatic N) is 3. The Bertz CT molecular complexity index is 1150. The number of aromatic nitrogens is 4. The zero-order valence-electron chi connectivity index (χ0n) is 15.7. The van der Waals surface area contributed by atoms with Gasteiger partial charge in [-0.15, -0.1) is 0 Å². The minimum atomic E-state index is -1.15. The Morgan fingerprint density at radius 3 is 2.63 bits per heavy atom. The van der Waals surface area contributed by atoms with Crippen LogP contribution in [0.3, 0.4) is 0 Å². The molecule has 10 heteroatoms. The van der Waals surface area contributed by atoms with Gasteiger partial charge in [0.1, 0.15) is 5.69 Å². The van der Waals surface area contributed by atoms with E-state index in [0.717, 1.165) is 31.7 Å². The second kappa shape index (κ2) is 7.16. The fourth-order valence-electron chi connectivity index (χ4n) is 4.95. The number of aromatic amines is 1. The van der Waals surface area contributed by atoms with Gasteiger partial charge in [0, 0.05) is 35.6 Å². The first kappa shape index (κ1) is 19.2. The van der Waals surface area contributed by atoms with E-state index in [4.69, 9.17) is 11.6 Å². The van der Waals surface area contributed by atoms with E-state index in [1.54, 1.807) is 6.07 Å². The van der Waals surface area contributed by atoms with Crippen molar-refractivity contribution in [1.29, 1.82) is 0 Å². The SMILES string of the molecule is O=C([O-])[C@@H]1C2CCC(CC2)[C@H]1Nc1nc(-c2[nH]nc3ncc(Cl)cc23)c(F)cc1F. The number of rotatable bonds is 4. The molecular formula is C20H17ClF2N5O2-. The molecule has 0 aliphatic heterocycles. The smallest absolute Gasteiger partial charge is 0.181 e. The molecule has 6 rings (SSSR count). The predicted octanol–water partition coefficient (Wildman–Crippen LogP) is 2.92. The number of hydrogen-bond acceptors (Lipinski definition) is 6. The van der Waals surface area contributed by atoms with Crippen LogP contribution in [0.1, 0.15) is 25.7 Å². The van der Waals surface area contributed by atoms with E-state index >= 15 is 0 Å². The monoisotopic (exact) mass is 432 g/mol. The Morgan fingerprint density at radius 2 is 1.90 bits per heavy atom. The van der Waals surface area contributed by atoms with Gasteiger partial charge < -0.3 is 15.2 Å². The number of hydrogen-bond donors (Lipinski definition) is 2. The third-order valence-electron chi connectivity index (χ3n) is 6.34. The molecule has 2 atom stereocenters. The average molecular weight is 433 g/mol. The molecule has 2 N–H and O–H groups in total. The molecule has 0 spiro atoms. The summed E-state index contributed by atoms with van der Waals surface area (Å²) in [6.07, 6.45) is 4.77. The highest BCUT2D eigenvalue weighted by molar-refractivity contribution is 6.31. The fraction of sp³-hybridized carbons (Fsp3) is 0.400. The van der Waals surface area contributed by atoms with Gasteiger partial charge in [-0.1, -0.05) is 11.6 Å². The molecule has 3 aromatic rings. The van der Waals surface area contributed by atoms with Crippen molar-refractivity contribution in [3.63, 3.8) is 0 Å². The summed E-state index contributed by atoms with van der Waals surface area (Å²) in [4.78, 5) is 20.0. The van der Waals surface area contributed by atoms with Crippen molar-refractivity contribution in [2.75, 3.05) is 5.32 Å². The van der Waals surface area contributed by atoms with Gasteiger partial charge in [-0.25, -0.2) is 18.7 Å². The van der Waals surface area contributed by atoms with Gasteiger partial charge in [-0.2, -0.15) is 5.10 Å². The molecule has 0 aromatic carbocycles. The van der Waals surface area contributed by atoms with E-state index < -0.39 is 29.6 Å². The molecule has 0 saturated heterocycles. The third kappa shape index (κ3) is 3.08. The summed E-state index contributed by atoms with van der Waals surface area (Å²) in [5, 5.41) is 22.2. The maximum absolute atomic E-state index is 14.6. The Balaban J connectivity index is 1.55. The molecule has 3 fully saturated rings. The summed E-state index contributed by atoms with van der Waals surface area (Å²) < 4.78 is 29.2. The minimum absolute atomic E-state index is 0.00903. The van der Waals surface area contributed by atoms with E-state index in [0.29, 0.717) is 16.1 Å². The summed E-state index contributed by atoms with van der Waals surface area (Å²) in [6.45, 7) is 0. The number of nitrogens with one attached hydrogen (secondary N) is 2. The van der Waals surface area contributed by atoms with Crippen molar-refractivity contribution in [2.45, 2.75) is 31.7 Å². The number of carboxylic acids is 1. The normalized spacial score (nSPS) is 25.6. The van der Waals surface area contributed by atoms with Crippen molar-refractivity contribution in [2.24, 2.45) is 17.8 Å². The van der Waals surface area contributed by atoms with E-state index in [9.17, 15) is 18.7 Å². The number of aliphatic carboxylic acids is 1. The van der Waals surface area contributed by atoms with Crippen LogP contribution in [0.25, 0.3) is 22.4 Å². The highest BCUT2D eigenvalue weighted by atomic mass is 35.5. The number of anilines is 1. The quantitative estimate of drug-likeness (QED) is 0.656. The van der Waals surface area contributed by atoms with Gasteiger partial charge in [0.2, 0.25) is 0 Å². The van der Waals surface area contributed by atoms with Crippen LogP contribution in [0.5, 0.6) is 0 Å². The lowest BCUT2D eigenvalue weighted by atomic mass is 9.61. The maximum Gasteiger partial charge on any atom is 0.181 e. The van der Waals surface area contributed by atoms with Crippen LogP contribution in [0.15, 0.2) is 18.3 Å². The van der Waals surface area contributed by atoms with Crippen LogP contribution in [-0.2, 0) is 4.79 Å². The molecule has 3 aromatic heterocycles. The molecule has 3 saturated carbocycles. The Hall–Kier alpha value is -2.81. The molecule has 0 radical (unpaired) electrons. The Morgan fingerprint density at radius 1 is 1.17 bits per heavy atom. The van der Waals surface area contributed by atoms with E-state index in [1.807, 2.05) is 0 Å². The first-order chi connectivity index (χ1) is 14.4. The van der Waals surface area contributed by atoms with Crippen LogP contribution in [-0.4, -0.2) is 32.2 Å². The molecule has 0 amide bonds. The number of halogens is 3. The summed E-state index contributed by atoms with van der Waals surface area (Å²) in [5.74, 6) is -3.80. The molecule has 30 heavy (non-hydrogen) atoms. The molecule has 3 aliphatic rings. The second-order valence-corrected chi connectivity index (χ2v) is 8.40. The Labute approximate surface area is 174 Å². The molecule has 7 nitrogen and oxygen atoms in total. The Kier molecular flexibility index (Phi) is 4.57. The molecule has 156 valence electrons. The highest BCUT2D eigenvalue weighted by Gasteiger charge is 2.44. The van der Waals surface area contributed by atoms with Crippen LogP contribution in [0.4, 0.5) is 14.6 Å². The lowest BCUT2D eigenvalue weighted by Gasteiger charge is -2.49. The van der Waals surface area contributed by atoms with E-state index in [1.165, 1.54) is 6.20 Å². The van der Waals surface area contributed by atoms with E-state index in [-0.39, 0.29) is 29.0 Å². The summed E-state index contributed by atoms with van der Waals surface area (Å²) in [6, 6.07) is 1.77. The minimum Gasteiger partial charge on any atom is -0.550 e. The van der Waals surface area contributed by atoms with Crippen molar-refractivity contribution in [1.82, 2.24) is 20.2 Å². The molecular weight excluding hydrogens is 416 g/mol. The zero-order chi connectivity index (χ0) is 21.0. The van der Waals surface area contributed by atoms with Crippen LogP contribution in [0.2, 0.25) is 5.02 Å². The van der Waals surface area contributed by atoms with Crippen LogP contribution < -0.4 is 10.4 Å². The number of carboxylic acid groups (broad SMARTS) is 1. The van der Waals surface area contributed by atoms with Gasteiger partial charge in [0.25, 0.3) is 0 Å². The van der Waals surface area contributed by atoms with Gasteiger partial charge in [-0.3, -0.25) is 5.10 Å². The molecule has 2 bridgehead atoms. The van der Waals surface area contributed by atoms with Crippen LogP contribution >= 0.6 is 11.6 Å². The molecule has 3 heterocycles. The fourth-order valence-corrected chi connectivity index (χ4v) is 5.11. The largest absolute Gasteiger partial charge is 0.550 e. The number of carbonyl (C=O) groups is 1. The van der Waals surface area contributed by atoms with Gasteiger partial charge in [-0.05, 0) is 43.6 Å². The third-order valence-corrected chi connectivity index (χ3v) is 6.54. The van der Waals surface area contributed by atoms with E-state index in [2.05, 4.69) is 25.5 Å². The van der Waals surface area contributed by atoms with Crippen LogP contribution in [0, 0.1) is 29.4 Å². The average Bonchev–Trinajstić information content (AvgIpc) is 3.13. The topological polar surface area (TPSA) is 107 Å². The number of carbonyl (C=O) groups excluding carboxylic acids is 1. The maximum atomic E-state index is 14.6. The number of fused-ring (bicyclic) bond motifs is 4. The predicted molar refractivity (Wildman–Crippen MR) is 103 cm³/mol. The number of pyridine rings is 2. The van der Waals surface area contributed by atoms with Crippen molar-refractivity contribution < 1.29 is 18.7 Å². The molecule has 0 unspecified atom stereocenters. The summed E-state index contributed by atoms with van der Waals surface area (Å²) >= 11 is 5.99. The standard InChI is InChI=1S/C20H18ClF2N5O2/c21-10-5-11-16(27-28-18(11)24-7-10)17-12(22)6-13(23)19(26-17)25-15-9-3-1-8(2-4-9)14(15)20(29)30/h5-9,14-15H,1-4H2,(H,25,26)(H,29,30)(H,24,27,28)/p-1/t8?,9?,14-,15-/m1/s1. The molecule has 3 aliphatic carbocycles. The number of H-pyrrole nitrogens is 1. The second-order valence-electron chi connectivity index (χ2n) is 7.96. The summed E-state index contributed by atoms with van der Waals surface area (Å²) in [5.41, 5.74) is 0.370. The first-order valence-corrected chi connectivity index (χ1v) is 10.1. The highest BCUT2D eigenvalue weighted by Crippen LogP contribution is 2.46. The first-order valence-electron chi connectivity index (χ1n) is 9.76. The summed E-state index contributed by atoms with van der Waals surface area (Å²) in [7, 11) is 0. The lowest BCUT2D eigenvalue weighted by Crippen LogP contribution is -2.55. The van der Waals surface area contributed by atoms with Gasteiger partial charge in [0.05, 0.1) is 10.7 Å². The van der Waals surface area contributed by atoms with Gasteiger partial charge in [0.15, 0.2) is 23.1 Å². The van der Waals surface area contributed by atoms with Crippen molar-refractivity contribution >= 4 is 34.4 Å². The van der Waals surface area contributed by atoms with Crippen molar-refractivity contribution in [3.8, 4) is 11.4 Å². The van der Waals surface area contributed by atoms with Gasteiger partial charge >= 0.3 is 0 Å². The van der Waals surface area contributed by atoms with Crippen molar-refractivity contribution in [3.05, 3.63) is 35.0 Å².